The molecule has 4 rings (SSSR count). The molecular formula is C18H12N4OS. The molecular weight excluding hydrogens is 320 g/mol. The zero-order valence-corrected chi connectivity index (χ0v) is 13.3. The molecule has 0 bridgehead atoms. The van der Waals surface area contributed by atoms with Crippen LogP contribution in [0.4, 0.5) is 10.5 Å². The summed E-state index contributed by atoms with van der Waals surface area (Å²) in [7, 11) is 0. The molecule has 6 heteroatoms. The zero-order chi connectivity index (χ0) is 16.4. The molecule has 0 spiro atoms. The minimum Gasteiger partial charge on any atom is -0.300 e. The predicted molar refractivity (Wildman–Crippen MR) is 97.2 cm³/mol. The topological polar surface area (TPSA) is 67.2 Å². The van der Waals surface area contributed by atoms with E-state index in [-0.39, 0.29) is 5.24 Å². The van der Waals surface area contributed by atoms with Crippen LogP contribution in [0.1, 0.15) is 5.56 Å². The lowest BCUT2D eigenvalue weighted by Crippen LogP contribution is -2.18. The molecule has 5 nitrogen and oxygen atoms in total. The molecule has 2 heterocycles. The van der Waals surface area contributed by atoms with Crippen LogP contribution < -0.4 is 5.32 Å². The average Bonchev–Trinajstić information content (AvgIpc) is 2.95. The van der Waals surface area contributed by atoms with Gasteiger partial charge in [0.1, 0.15) is 5.84 Å². The minimum absolute atomic E-state index is 0.128. The van der Waals surface area contributed by atoms with Gasteiger partial charge in [0.05, 0.1) is 21.6 Å². The molecule has 3 aromatic rings. The number of amides is 1. The van der Waals surface area contributed by atoms with Gasteiger partial charge < -0.3 is 5.32 Å². The fraction of sp³-hybridized carbons (Fsp3) is 0. The van der Waals surface area contributed by atoms with Gasteiger partial charge in [0, 0.05) is 12.4 Å². The van der Waals surface area contributed by atoms with Gasteiger partial charge in [-0.15, -0.1) is 0 Å². The second-order valence-electron chi connectivity index (χ2n) is 5.12. The molecule has 1 amide bonds. The van der Waals surface area contributed by atoms with E-state index in [9.17, 15) is 4.79 Å². The Labute approximate surface area is 142 Å². The maximum Gasteiger partial charge on any atom is 0.289 e. The zero-order valence-electron chi connectivity index (χ0n) is 12.5. The molecule has 0 radical (unpaired) electrons. The van der Waals surface area contributed by atoms with Crippen molar-refractivity contribution in [3.05, 3.63) is 71.4 Å². The Morgan fingerprint density at radius 3 is 2.62 bits per heavy atom. The van der Waals surface area contributed by atoms with Crippen LogP contribution in [-0.2, 0) is 0 Å². The fourth-order valence-electron chi connectivity index (χ4n) is 2.37. The molecule has 1 fully saturated rings. The lowest BCUT2D eigenvalue weighted by Gasteiger charge is -2.01. The molecule has 1 aromatic heterocycles. The molecule has 116 valence electrons. The van der Waals surface area contributed by atoms with Crippen LogP contribution in [-0.4, -0.2) is 21.0 Å². The summed E-state index contributed by atoms with van der Waals surface area (Å²) in [6.07, 6.45) is 5.26. The number of thioether (sulfide) groups is 1. The summed E-state index contributed by atoms with van der Waals surface area (Å²) in [5.41, 5.74) is 3.40. The van der Waals surface area contributed by atoms with Crippen molar-refractivity contribution in [2.24, 2.45) is 4.99 Å². The second-order valence-corrected chi connectivity index (χ2v) is 6.14. The van der Waals surface area contributed by atoms with E-state index in [4.69, 9.17) is 0 Å². The van der Waals surface area contributed by atoms with Crippen molar-refractivity contribution in [3.63, 3.8) is 0 Å². The van der Waals surface area contributed by atoms with E-state index in [1.54, 1.807) is 12.4 Å². The first-order chi connectivity index (χ1) is 11.8. The summed E-state index contributed by atoms with van der Waals surface area (Å²) in [5, 5.41) is 2.66. The molecule has 1 aliphatic heterocycles. The highest BCUT2D eigenvalue weighted by atomic mass is 32.2. The Morgan fingerprint density at radius 1 is 1.00 bits per heavy atom. The van der Waals surface area contributed by atoms with Crippen molar-refractivity contribution in [2.75, 3.05) is 0 Å². The number of nitrogens with zero attached hydrogens (tertiary/aromatic N) is 3. The Morgan fingerprint density at radius 2 is 1.79 bits per heavy atom. The van der Waals surface area contributed by atoms with Crippen molar-refractivity contribution in [3.8, 4) is 0 Å². The summed E-state index contributed by atoms with van der Waals surface area (Å²) < 4.78 is 0. The predicted octanol–water partition coefficient (Wildman–Crippen LogP) is 4.16. The lowest BCUT2D eigenvalue weighted by molar-refractivity contribution is 0.265. The van der Waals surface area contributed by atoms with E-state index in [1.807, 2.05) is 54.6 Å². The maximum atomic E-state index is 11.8. The number of carbonyl (C=O) groups excluding carboxylic acids is 1. The molecule has 1 aliphatic rings. The van der Waals surface area contributed by atoms with E-state index in [1.165, 1.54) is 0 Å². The standard InChI is InChI=1S/C18H12N4OS/c23-18-22-17(21-13-4-2-1-3-5-13)16(24-18)11-12-6-7-14-15(10-12)20-9-8-19-14/h1-11H,(H,21,22,23)/b16-11-. The number of nitrogens with one attached hydrogen (secondary N) is 1. The van der Waals surface area contributed by atoms with Crippen LogP contribution in [0, 0.1) is 0 Å². The van der Waals surface area contributed by atoms with Crippen molar-refractivity contribution in [1.29, 1.82) is 0 Å². The minimum atomic E-state index is -0.128. The van der Waals surface area contributed by atoms with Gasteiger partial charge >= 0.3 is 0 Å². The highest BCUT2D eigenvalue weighted by Gasteiger charge is 2.23. The van der Waals surface area contributed by atoms with Gasteiger partial charge in [-0.25, -0.2) is 4.99 Å². The number of benzene rings is 2. The van der Waals surface area contributed by atoms with E-state index in [2.05, 4.69) is 20.3 Å². The number of fused-ring (bicyclic) bond motifs is 1. The number of amidine groups is 1. The van der Waals surface area contributed by atoms with Crippen molar-refractivity contribution < 1.29 is 4.79 Å². The largest absolute Gasteiger partial charge is 0.300 e. The summed E-state index contributed by atoms with van der Waals surface area (Å²) in [5.74, 6) is 0.565. The highest BCUT2D eigenvalue weighted by molar-refractivity contribution is 8.18. The highest BCUT2D eigenvalue weighted by Crippen LogP contribution is 2.28. The van der Waals surface area contributed by atoms with Gasteiger partial charge in [-0.2, -0.15) is 0 Å². The lowest BCUT2D eigenvalue weighted by atomic mass is 10.1. The molecule has 0 atom stereocenters. The Balaban J connectivity index is 1.73. The third-order valence-electron chi connectivity index (χ3n) is 3.44. The van der Waals surface area contributed by atoms with Crippen LogP contribution in [0.25, 0.3) is 17.1 Å². The molecule has 0 aliphatic carbocycles. The number of carbonyl (C=O) groups is 1. The number of para-hydroxylation sites is 1. The van der Waals surface area contributed by atoms with Crippen molar-refractivity contribution in [2.45, 2.75) is 0 Å². The van der Waals surface area contributed by atoms with Crippen LogP contribution in [0.2, 0.25) is 0 Å². The van der Waals surface area contributed by atoms with E-state index >= 15 is 0 Å². The van der Waals surface area contributed by atoms with Gasteiger partial charge in [-0.3, -0.25) is 14.8 Å². The first-order valence-corrected chi connectivity index (χ1v) is 8.15. The molecule has 1 N–H and O–H groups in total. The third-order valence-corrected chi connectivity index (χ3v) is 4.26. The van der Waals surface area contributed by atoms with Gasteiger partial charge in [-0.05, 0) is 47.7 Å². The normalized spacial score (nSPS) is 17.6. The SMILES string of the molecule is O=C1NC(=Nc2ccccc2)/C(=C/c2ccc3nccnc3c2)S1. The van der Waals surface area contributed by atoms with Crippen molar-refractivity contribution >= 4 is 45.6 Å². The van der Waals surface area contributed by atoms with E-state index in [0.29, 0.717) is 5.84 Å². The van der Waals surface area contributed by atoms with Crippen LogP contribution >= 0.6 is 11.8 Å². The van der Waals surface area contributed by atoms with Gasteiger partial charge in [0.15, 0.2) is 0 Å². The Bertz CT molecular complexity index is 982. The average molecular weight is 332 g/mol. The summed E-state index contributed by atoms with van der Waals surface area (Å²) >= 11 is 1.14. The van der Waals surface area contributed by atoms with Gasteiger partial charge in [0.2, 0.25) is 0 Å². The van der Waals surface area contributed by atoms with Crippen LogP contribution in [0.15, 0.2) is 70.8 Å². The number of rotatable bonds is 2. The Kier molecular flexibility index (Phi) is 3.80. The number of hydrogen-bond donors (Lipinski definition) is 1. The summed E-state index contributed by atoms with van der Waals surface area (Å²) in [6.45, 7) is 0. The molecule has 0 unspecified atom stereocenters. The van der Waals surface area contributed by atoms with Crippen molar-refractivity contribution in [1.82, 2.24) is 15.3 Å². The third kappa shape index (κ3) is 3.04. The fourth-order valence-corrected chi connectivity index (χ4v) is 3.10. The quantitative estimate of drug-likeness (QED) is 0.765. The maximum absolute atomic E-state index is 11.8. The molecule has 0 saturated carbocycles. The monoisotopic (exact) mass is 332 g/mol. The first kappa shape index (κ1) is 14.6. The van der Waals surface area contributed by atoms with Gasteiger partial charge in [0.25, 0.3) is 5.24 Å². The molecule has 2 aromatic carbocycles. The second kappa shape index (κ2) is 6.25. The van der Waals surface area contributed by atoms with Crippen LogP contribution in [0.3, 0.4) is 0 Å². The van der Waals surface area contributed by atoms with Crippen LogP contribution in [0.5, 0.6) is 0 Å². The first-order valence-electron chi connectivity index (χ1n) is 7.33. The van der Waals surface area contributed by atoms with Gasteiger partial charge in [-0.1, -0.05) is 24.3 Å². The van der Waals surface area contributed by atoms with E-state index < -0.39 is 0 Å². The Hall–Kier alpha value is -2.99. The number of aromatic nitrogens is 2. The molecule has 24 heavy (non-hydrogen) atoms. The molecule has 1 saturated heterocycles. The summed E-state index contributed by atoms with van der Waals surface area (Å²) in [4.78, 5) is 25.6. The summed E-state index contributed by atoms with van der Waals surface area (Å²) in [6, 6.07) is 15.3. The smallest absolute Gasteiger partial charge is 0.289 e. The van der Waals surface area contributed by atoms with E-state index in [0.717, 1.165) is 39.0 Å². The number of aliphatic imine (C=N–C) groups is 1. The number of hydrogen-bond acceptors (Lipinski definition) is 5.